The molecule has 0 amide bonds. The summed E-state index contributed by atoms with van der Waals surface area (Å²) in [5, 5.41) is 0. The van der Waals surface area contributed by atoms with Gasteiger partial charge in [-0.15, -0.1) is 0 Å². The van der Waals surface area contributed by atoms with E-state index in [0.717, 1.165) is 18.5 Å². The highest BCUT2D eigenvalue weighted by molar-refractivity contribution is 9.10. The molecule has 0 bridgehead atoms. The number of nitrogens with zero attached hydrogens (tertiary/aromatic N) is 1. The summed E-state index contributed by atoms with van der Waals surface area (Å²) in [4.78, 5) is 2.11. The lowest BCUT2D eigenvalue weighted by Gasteiger charge is -2.09. The van der Waals surface area contributed by atoms with Crippen LogP contribution >= 0.6 is 15.9 Å². The Hall–Kier alpha value is -0.410. The topological polar surface area (TPSA) is 3.24 Å². The summed E-state index contributed by atoms with van der Waals surface area (Å²) in [6.45, 7) is 0.984. The Morgan fingerprint density at radius 1 is 1.38 bits per heavy atom. The van der Waals surface area contributed by atoms with Gasteiger partial charge in [-0.3, -0.25) is 0 Å². The largest absolute Gasteiger partial charge is 0.309 e. The molecule has 0 aromatic heterocycles. The molecule has 13 heavy (non-hydrogen) atoms. The Labute approximate surface area is 86.7 Å². The van der Waals surface area contributed by atoms with Gasteiger partial charge in [0.2, 0.25) is 0 Å². The van der Waals surface area contributed by atoms with Gasteiger partial charge in [0.15, 0.2) is 0 Å². The van der Waals surface area contributed by atoms with Crippen molar-refractivity contribution in [2.75, 3.05) is 20.6 Å². The summed E-state index contributed by atoms with van der Waals surface area (Å²) in [7, 11) is 4.05. The second-order valence-corrected chi connectivity index (χ2v) is 4.16. The van der Waals surface area contributed by atoms with Crippen molar-refractivity contribution < 1.29 is 4.39 Å². The molecule has 0 saturated heterocycles. The lowest BCUT2D eigenvalue weighted by atomic mass is 10.1. The molecule has 0 unspecified atom stereocenters. The van der Waals surface area contributed by atoms with E-state index in [1.54, 1.807) is 0 Å². The second kappa shape index (κ2) is 4.72. The molecule has 1 rings (SSSR count). The minimum absolute atomic E-state index is 0.200. The molecule has 0 aliphatic rings. The van der Waals surface area contributed by atoms with Gasteiger partial charge in [0.05, 0.1) is 4.47 Å². The van der Waals surface area contributed by atoms with Crippen molar-refractivity contribution >= 4 is 15.9 Å². The van der Waals surface area contributed by atoms with Crippen molar-refractivity contribution in [2.24, 2.45) is 0 Å². The monoisotopic (exact) mass is 245 g/mol. The molecule has 0 aliphatic carbocycles. The third kappa shape index (κ3) is 3.44. The maximum absolute atomic E-state index is 12.8. The minimum Gasteiger partial charge on any atom is -0.309 e. The highest BCUT2D eigenvalue weighted by atomic mass is 79.9. The molecule has 0 heterocycles. The lowest BCUT2D eigenvalue weighted by molar-refractivity contribution is 0.413. The van der Waals surface area contributed by atoms with Gasteiger partial charge in [-0.2, -0.15) is 0 Å². The zero-order chi connectivity index (χ0) is 9.84. The van der Waals surface area contributed by atoms with Gasteiger partial charge in [0.25, 0.3) is 0 Å². The molecule has 0 N–H and O–H groups in total. The highest BCUT2D eigenvalue weighted by Crippen LogP contribution is 2.17. The van der Waals surface area contributed by atoms with Crippen LogP contribution in [0.2, 0.25) is 0 Å². The molecule has 0 fully saturated rings. The van der Waals surface area contributed by atoms with E-state index in [-0.39, 0.29) is 5.82 Å². The van der Waals surface area contributed by atoms with Crippen LogP contribution in [0.15, 0.2) is 22.7 Å². The number of benzene rings is 1. The Balaban J connectivity index is 2.63. The van der Waals surface area contributed by atoms with Gasteiger partial charge in [0.1, 0.15) is 5.82 Å². The number of hydrogen-bond donors (Lipinski definition) is 0. The van der Waals surface area contributed by atoms with Gasteiger partial charge < -0.3 is 4.90 Å². The smallest absolute Gasteiger partial charge is 0.137 e. The second-order valence-electron chi connectivity index (χ2n) is 3.30. The molecule has 1 aromatic rings. The predicted molar refractivity (Wildman–Crippen MR) is 56.4 cm³/mol. The summed E-state index contributed by atoms with van der Waals surface area (Å²) in [6, 6.07) is 5.15. The van der Waals surface area contributed by atoms with Crippen LogP contribution in [0.4, 0.5) is 4.39 Å². The number of hydrogen-bond acceptors (Lipinski definition) is 1. The zero-order valence-corrected chi connectivity index (χ0v) is 9.44. The van der Waals surface area contributed by atoms with Gasteiger partial charge in [-0.1, -0.05) is 6.07 Å². The van der Waals surface area contributed by atoms with Crippen LogP contribution in [0.25, 0.3) is 0 Å². The van der Waals surface area contributed by atoms with Crippen LogP contribution in [0.5, 0.6) is 0 Å². The third-order valence-corrected chi connectivity index (χ3v) is 2.44. The Morgan fingerprint density at radius 3 is 2.62 bits per heavy atom. The van der Waals surface area contributed by atoms with E-state index in [1.807, 2.05) is 26.2 Å². The molecule has 0 aliphatic heterocycles. The molecule has 72 valence electrons. The molecule has 3 heteroatoms. The fraction of sp³-hybridized carbons (Fsp3) is 0.400. The first kappa shape index (κ1) is 10.7. The molecular formula is C10H13BrFN. The summed E-state index contributed by atoms with van der Waals surface area (Å²) < 4.78 is 13.4. The molecule has 0 radical (unpaired) electrons. The fourth-order valence-corrected chi connectivity index (χ4v) is 1.47. The minimum atomic E-state index is -0.200. The molecule has 0 saturated carbocycles. The maximum atomic E-state index is 12.8. The Bertz CT molecular complexity index is 286. The average molecular weight is 246 g/mol. The predicted octanol–water partition coefficient (Wildman–Crippen LogP) is 2.69. The van der Waals surface area contributed by atoms with E-state index in [9.17, 15) is 4.39 Å². The van der Waals surface area contributed by atoms with Crippen molar-refractivity contribution in [2.45, 2.75) is 6.42 Å². The summed E-state index contributed by atoms with van der Waals surface area (Å²) >= 11 is 3.16. The lowest BCUT2D eigenvalue weighted by Crippen LogP contribution is -2.15. The van der Waals surface area contributed by atoms with E-state index >= 15 is 0 Å². The number of halogens is 2. The zero-order valence-electron chi connectivity index (χ0n) is 7.85. The summed E-state index contributed by atoms with van der Waals surface area (Å²) in [5.74, 6) is -0.200. The van der Waals surface area contributed by atoms with E-state index in [1.165, 1.54) is 6.07 Å². The van der Waals surface area contributed by atoms with Crippen molar-refractivity contribution in [3.63, 3.8) is 0 Å². The Kier molecular flexibility index (Phi) is 3.88. The SMILES string of the molecule is CN(C)CCc1ccc(F)c(Br)c1. The van der Waals surface area contributed by atoms with Gasteiger partial charge in [0, 0.05) is 6.54 Å². The maximum Gasteiger partial charge on any atom is 0.137 e. The van der Waals surface area contributed by atoms with Crippen LogP contribution in [0.3, 0.4) is 0 Å². The van der Waals surface area contributed by atoms with E-state index in [0.29, 0.717) is 4.47 Å². The van der Waals surface area contributed by atoms with Crippen LogP contribution < -0.4 is 0 Å². The van der Waals surface area contributed by atoms with Crippen LogP contribution in [0, 0.1) is 5.82 Å². The van der Waals surface area contributed by atoms with Gasteiger partial charge >= 0.3 is 0 Å². The summed E-state index contributed by atoms with van der Waals surface area (Å²) in [5.41, 5.74) is 1.15. The normalized spacial score (nSPS) is 10.8. The highest BCUT2D eigenvalue weighted by Gasteiger charge is 2.00. The molecule has 0 spiro atoms. The van der Waals surface area contributed by atoms with Crippen molar-refractivity contribution in [1.29, 1.82) is 0 Å². The van der Waals surface area contributed by atoms with Crippen molar-refractivity contribution in [3.05, 3.63) is 34.1 Å². The fourth-order valence-electron chi connectivity index (χ4n) is 1.05. The first-order valence-electron chi connectivity index (χ1n) is 4.18. The molecule has 1 aromatic carbocycles. The van der Waals surface area contributed by atoms with Crippen molar-refractivity contribution in [3.8, 4) is 0 Å². The molecule has 0 atom stereocenters. The van der Waals surface area contributed by atoms with Crippen LogP contribution in [0.1, 0.15) is 5.56 Å². The molecular weight excluding hydrogens is 233 g/mol. The van der Waals surface area contributed by atoms with E-state index in [4.69, 9.17) is 0 Å². The molecule has 1 nitrogen and oxygen atoms in total. The first-order chi connectivity index (χ1) is 6.09. The Morgan fingerprint density at radius 2 is 2.08 bits per heavy atom. The van der Waals surface area contributed by atoms with Crippen LogP contribution in [-0.2, 0) is 6.42 Å². The first-order valence-corrected chi connectivity index (χ1v) is 4.97. The van der Waals surface area contributed by atoms with E-state index in [2.05, 4.69) is 20.8 Å². The summed E-state index contributed by atoms with van der Waals surface area (Å²) in [6.07, 6.45) is 0.950. The number of rotatable bonds is 3. The van der Waals surface area contributed by atoms with E-state index < -0.39 is 0 Å². The van der Waals surface area contributed by atoms with Crippen molar-refractivity contribution in [1.82, 2.24) is 4.90 Å². The average Bonchev–Trinajstić information content (AvgIpc) is 2.07. The van der Waals surface area contributed by atoms with Gasteiger partial charge in [-0.05, 0) is 54.1 Å². The standard InChI is InChI=1S/C10H13BrFN/c1-13(2)6-5-8-3-4-10(12)9(11)7-8/h3-4,7H,5-6H2,1-2H3. The third-order valence-electron chi connectivity index (χ3n) is 1.83. The quantitative estimate of drug-likeness (QED) is 0.792. The number of likely N-dealkylation sites (N-methyl/N-ethyl adjacent to an activating group) is 1. The van der Waals surface area contributed by atoms with Crippen LogP contribution in [-0.4, -0.2) is 25.5 Å². The van der Waals surface area contributed by atoms with Gasteiger partial charge in [-0.25, -0.2) is 4.39 Å².